The van der Waals surface area contributed by atoms with Crippen LogP contribution in [0.25, 0.3) is 10.9 Å². The van der Waals surface area contributed by atoms with Crippen molar-refractivity contribution in [3.05, 3.63) is 50.6 Å². The van der Waals surface area contributed by atoms with Crippen molar-refractivity contribution in [3.63, 3.8) is 0 Å². The number of nitrogens with one attached hydrogen (secondary N) is 3. The van der Waals surface area contributed by atoms with Crippen LogP contribution in [0.3, 0.4) is 0 Å². The molecule has 6 rings (SSSR count). The van der Waals surface area contributed by atoms with Crippen molar-refractivity contribution >= 4 is 58.1 Å². The molecule has 1 aliphatic heterocycles. The molecule has 2 aromatic heterocycles. The molecule has 1 aromatic carbocycles. The number of carbonyl (C=O) groups is 2. The molecule has 3 aliphatic rings. The van der Waals surface area contributed by atoms with Crippen LogP contribution in [0.15, 0.2) is 24.3 Å². The normalized spacial score (nSPS) is 22.9. The molecular weight excluding hydrogens is 505 g/mol. The molecule has 0 unspecified atom stereocenters. The van der Waals surface area contributed by atoms with Gasteiger partial charge in [-0.3, -0.25) is 14.5 Å². The van der Waals surface area contributed by atoms with E-state index in [0.29, 0.717) is 21.3 Å². The minimum absolute atomic E-state index is 0. The Kier molecular flexibility index (Phi) is 6.59. The predicted octanol–water partition coefficient (Wildman–Crippen LogP) is 4.69. The first-order valence-electron chi connectivity index (χ1n) is 12.0. The highest BCUT2D eigenvalue weighted by atomic mass is 35.5. The van der Waals surface area contributed by atoms with Gasteiger partial charge in [0.2, 0.25) is 0 Å². The van der Waals surface area contributed by atoms with Crippen molar-refractivity contribution in [2.45, 2.75) is 69.6 Å². The van der Waals surface area contributed by atoms with Crippen LogP contribution in [0, 0.1) is 0 Å². The summed E-state index contributed by atoms with van der Waals surface area (Å²) in [5.41, 5.74) is 2.78. The van der Waals surface area contributed by atoms with Gasteiger partial charge < -0.3 is 15.6 Å². The van der Waals surface area contributed by atoms with Crippen LogP contribution < -0.4 is 10.6 Å². The van der Waals surface area contributed by atoms with Gasteiger partial charge in [0.25, 0.3) is 11.8 Å². The molecule has 0 saturated heterocycles. The Hall–Kier alpha value is -2.13. The number of carbonyl (C=O) groups excluding carboxylic acids is 2. The summed E-state index contributed by atoms with van der Waals surface area (Å²) in [5.74, 6) is -0.299. The van der Waals surface area contributed by atoms with Crippen LogP contribution in [0.1, 0.15) is 69.9 Å². The molecule has 3 aromatic rings. The molecule has 0 bridgehead atoms. The molecule has 2 fully saturated rings. The van der Waals surface area contributed by atoms with E-state index in [1.807, 2.05) is 18.2 Å². The Morgan fingerprint density at radius 2 is 1.91 bits per heavy atom. The summed E-state index contributed by atoms with van der Waals surface area (Å²) >= 11 is 7.59. The summed E-state index contributed by atoms with van der Waals surface area (Å²) in [6.07, 6.45) is 6.07. The molecule has 2 saturated carbocycles. The molecule has 7 nitrogen and oxygen atoms in total. The van der Waals surface area contributed by atoms with Gasteiger partial charge in [0.1, 0.15) is 5.69 Å². The number of aromatic nitrogens is 2. The number of halogens is 2. The standard InChI is InChI=1S/C25H28ClN5O2S.ClH/c1-25(8-9-25)31-10-7-19-21(13-31)34-24(30-19)23(33)29-18-4-2-3-17(18)28-22(32)20-12-14-11-15(26)5-6-16(14)27-20;/h5-6,11-12,17-18,27H,2-4,7-10,13H2,1H3,(H,28,32)(H,29,33);1H/t17-,18-;/m1./s1. The number of thiazole rings is 1. The average Bonchev–Trinajstić information content (AvgIpc) is 3.18. The van der Waals surface area contributed by atoms with E-state index in [4.69, 9.17) is 11.6 Å². The minimum Gasteiger partial charge on any atom is -0.351 e. The maximum Gasteiger partial charge on any atom is 0.280 e. The third-order valence-electron chi connectivity index (χ3n) is 7.64. The summed E-state index contributed by atoms with van der Waals surface area (Å²) in [5, 5.41) is 8.34. The largest absolute Gasteiger partial charge is 0.351 e. The summed E-state index contributed by atoms with van der Waals surface area (Å²) < 4.78 is 0. The van der Waals surface area contributed by atoms with Crippen LogP contribution >= 0.6 is 35.3 Å². The van der Waals surface area contributed by atoms with Crippen molar-refractivity contribution in [1.29, 1.82) is 0 Å². The smallest absolute Gasteiger partial charge is 0.280 e. The Morgan fingerprint density at radius 1 is 1.17 bits per heavy atom. The van der Waals surface area contributed by atoms with Crippen LogP contribution in [-0.4, -0.2) is 50.8 Å². The molecular formula is C25H29Cl2N5O2S. The number of benzene rings is 1. The number of hydrogen-bond acceptors (Lipinski definition) is 5. The van der Waals surface area contributed by atoms with Crippen molar-refractivity contribution < 1.29 is 9.59 Å². The zero-order valence-corrected chi connectivity index (χ0v) is 21.9. The lowest BCUT2D eigenvalue weighted by molar-refractivity contribution is 0.0889. The highest BCUT2D eigenvalue weighted by Crippen LogP contribution is 2.43. The molecule has 2 aliphatic carbocycles. The van der Waals surface area contributed by atoms with E-state index >= 15 is 0 Å². The molecule has 35 heavy (non-hydrogen) atoms. The fraction of sp³-hybridized carbons (Fsp3) is 0.480. The predicted molar refractivity (Wildman–Crippen MR) is 141 cm³/mol. The number of amides is 2. The zero-order chi connectivity index (χ0) is 23.4. The Morgan fingerprint density at radius 3 is 2.66 bits per heavy atom. The second kappa shape index (κ2) is 9.39. The average molecular weight is 535 g/mol. The summed E-state index contributed by atoms with van der Waals surface area (Å²) in [6, 6.07) is 7.10. The topological polar surface area (TPSA) is 90.1 Å². The van der Waals surface area contributed by atoms with Crippen LogP contribution in [0.5, 0.6) is 0 Å². The van der Waals surface area contributed by atoms with Gasteiger partial charge in [-0.1, -0.05) is 11.6 Å². The molecule has 10 heteroatoms. The fourth-order valence-electron chi connectivity index (χ4n) is 5.26. The Bertz CT molecular complexity index is 1280. The molecule has 186 valence electrons. The third kappa shape index (κ3) is 4.81. The van der Waals surface area contributed by atoms with E-state index < -0.39 is 0 Å². The molecule has 0 radical (unpaired) electrons. The maximum atomic E-state index is 13.1. The first-order chi connectivity index (χ1) is 16.4. The number of nitrogens with zero attached hydrogens (tertiary/aromatic N) is 2. The van der Waals surface area contributed by atoms with Gasteiger partial charge >= 0.3 is 0 Å². The quantitative estimate of drug-likeness (QED) is 0.443. The highest BCUT2D eigenvalue weighted by Gasteiger charge is 2.44. The van der Waals surface area contributed by atoms with Crippen molar-refractivity contribution in [3.8, 4) is 0 Å². The van der Waals surface area contributed by atoms with Crippen LogP contribution in [-0.2, 0) is 13.0 Å². The van der Waals surface area contributed by atoms with E-state index in [1.165, 1.54) is 29.1 Å². The first-order valence-corrected chi connectivity index (χ1v) is 13.2. The number of rotatable bonds is 5. The molecule has 2 atom stereocenters. The van der Waals surface area contributed by atoms with Gasteiger partial charge in [0.05, 0.1) is 5.69 Å². The van der Waals surface area contributed by atoms with E-state index in [9.17, 15) is 9.59 Å². The second-order valence-electron chi connectivity index (χ2n) is 10.1. The first kappa shape index (κ1) is 24.6. The fourth-order valence-corrected chi connectivity index (χ4v) is 6.47. The second-order valence-corrected chi connectivity index (χ2v) is 11.6. The van der Waals surface area contributed by atoms with Crippen molar-refractivity contribution in [2.24, 2.45) is 0 Å². The Balaban J connectivity index is 0.00000253. The van der Waals surface area contributed by atoms with E-state index in [-0.39, 0.29) is 36.3 Å². The van der Waals surface area contributed by atoms with E-state index in [2.05, 4.69) is 32.4 Å². The number of aromatic amines is 1. The maximum absolute atomic E-state index is 13.1. The molecule has 0 spiro atoms. The van der Waals surface area contributed by atoms with Crippen molar-refractivity contribution in [2.75, 3.05) is 6.54 Å². The van der Waals surface area contributed by atoms with Gasteiger partial charge in [-0.05, 0) is 63.3 Å². The summed E-state index contributed by atoms with van der Waals surface area (Å²) in [4.78, 5) is 37.5. The van der Waals surface area contributed by atoms with Crippen LogP contribution in [0.2, 0.25) is 5.02 Å². The van der Waals surface area contributed by atoms with Gasteiger partial charge in [0, 0.05) is 57.9 Å². The van der Waals surface area contributed by atoms with Gasteiger partial charge in [-0.2, -0.15) is 0 Å². The molecule has 2 amide bonds. The minimum atomic E-state index is -0.170. The molecule has 3 N–H and O–H groups in total. The van der Waals surface area contributed by atoms with Gasteiger partial charge in [-0.15, -0.1) is 23.7 Å². The number of fused-ring (bicyclic) bond motifs is 2. The lowest BCUT2D eigenvalue weighted by atomic mass is 10.1. The third-order valence-corrected chi connectivity index (χ3v) is 8.96. The van der Waals surface area contributed by atoms with E-state index in [1.54, 1.807) is 6.07 Å². The lowest BCUT2D eigenvalue weighted by Crippen LogP contribution is -2.48. The number of hydrogen-bond donors (Lipinski definition) is 3. The zero-order valence-electron chi connectivity index (χ0n) is 19.5. The number of H-pyrrole nitrogens is 1. The van der Waals surface area contributed by atoms with Crippen molar-refractivity contribution in [1.82, 2.24) is 25.5 Å². The van der Waals surface area contributed by atoms with Gasteiger partial charge in [0.15, 0.2) is 5.01 Å². The van der Waals surface area contributed by atoms with Crippen LogP contribution in [0.4, 0.5) is 0 Å². The van der Waals surface area contributed by atoms with E-state index in [0.717, 1.165) is 55.4 Å². The monoisotopic (exact) mass is 533 g/mol. The summed E-state index contributed by atoms with van der Waals surface area (Å²) in [7, 11) is 0. The lowest BCUT2D eigenvalue weighted by Gasteiger charge is -2.31. The highest BCUT2D eigenvalue weighted by molar-refractivity contribution is 7.13. The Labute approximate surface area is 219 Å². The molecule has 3 heterocycles. The van der Waals surface area contributed by atoms with Gasteiger partial charge in [-0.25, -0.2) is 4.98 Å². The summed E-state index contributed by atoms with van der Waals surface area (Å²) in [6.45, 7) is 4.24. The SMILES string of the molecule is CC1(N2CCc3nc(C(=O)N[C@@H]4CCC[C@H]4NC(=O)c4cc5cc(Cl)ccc5[nH]4)sc3C2)CC1.Cl.